The topological polar surface area (TPSA) is 60.4 Å². The first-order chi connectivity index (χ1) is 12.3. The third kappa shape index (κ3) is 4.10. The molecule has 2 aromatic heterocycles. The predicted molar refractivity (Wildman–Crippen MR) is 96.2 cm³/mol. The van der Waals surface area contributed by atoms with Gasteiger partial charge in [-0.05, 0) is 19.3 Å². The van der Waals surface area contributed by atoms with Crippen molar-refractivity contribution in [2.45, 2.75) is 50.7 Å². The summed E-state index contributed by atoms with van der Waals surface area (Å²) in [7, 11) is 1.60. The monoisotopic (exact) mass is 360 g/mol. The predicted octanol–water partition coefficient (Wildman–Crippen LogP) is 3.25. The van der Waals surface area contributed by atoms with E-state index in [0.29, 0.717) is 17.7 Å². The van der Waals surface area contributed by atoms with E-state index < -0.39 is 0 Å². The van der Waals surface area contributed by atoms with Gasteiger partial charge in [0.2, 0.25) is 0 Å². The summed E-state index contributed by atoms with van der Waals surface area (Å²) in [4.78, 5) is 15.6. The number of nitrogens with zero attached hydrogens (tertiary/aromatic N) is 4. The van der Waals surface area contributed by atoms with Crippen molar-refractivity contribution in [3.8, 4) is 11.8 Å². The molecule has 6 nitrogen and oxygen atoms in total. The summed E-state index contributed by atoms with van der Waals surface area (Å²) in [6, 6.07) is 0.421. The third-order valence-electron chi connectivity index (χ3n) is 5.00. The maximum absolute atomic E-state index is 5.89. The standard InChI is InChI=1S/C18H24N4O2S/c1-23-16-8-19-18(20-9-16)24-15-6-7-22(11-15)10-14-12-25-17(21-14)13-4-2-3-5-13/h8-9,12-13,15H,2-7,10-11H2,1H3. The van der Waals surface area contributed by atoms with Gasteiger partial charge in [0.1, 0.15) is 6.10 Å². The van der Waals surface area contributed by atoms with Crippen molar-refractivity contribution in [1.29, 1.82) is 0 Å². The highest BCUT2D eigenvalue weighted by atomic mass is 32.1. The van der Waals surface area contributed by atoms with Crippen LogP contribution in [0.4, 0.5) is 0 Å². The molecule has 0 radical (unpaired) electrons. The molecule has 0 N–H and O–H groups in total. The van der Waals surface area contributed by atoms with Crippen molar-refractivity contribution >= 4 is 11.3 Å². The van der Waals surface area contributed by atoms with Crippen LogP contribution >= 0.6 is 11.3 Å². The lowest BCUT2D eigenvalue weighted by molar-refractivity contribution is 0.182. The van der Waals surface area contributed by atoms with E-state index in [0.717, 1.165) is 26.1 Å². The molecule has 1 unspecified atom stereocenters. The Hall–Kier alpha value is -1.73. The van der Waals surface area contributed by atoms with Gasteiger partial charge in [0, 0.05) is 30.9 Å². The average molecular weight is 360 g/mol. The molecule has 1 atom stereocenters. The van der Waals surface area contributed by atoms with Crippen LogP contribution in [0, 0.1) is 0 Å². The molecule has 7 heteroatoms. The molecule has 0 amide bonds. The van der Waals surface area contributed by atoms with Gasteiger partial charge in [-0.15, -0.1) is 11.3 Å². The third-order valence-corrected chi connectivity index (χ3v) is 6.06. The minimum Gasteiger partial charge on any atom is -0.494 e. The molecule has 25 heavy (non-hydrogen) atoms. The number of rotatable bonds is 6. The molecule has 2 aliphatic rings. The second kappa shape index (κ2) is 7.66. The van der Waals surface area contributed by atoms with Gasteiger partial charge >= 0.3 is 6.01 Å². The fraction of sp³-hybridized carbons (Fsp3) is 0.611. The summed E-state index contributed by atoms with van der Waals surface area (Å²) in [5.41, 5.74) is 1.20. The lowest BCUT2D eigenvalue weighted by Crippen LogP contribution is -2.25. The molecule has 134 valence electrons. The van der Waals surface area contributed by atoms with E-state index in [9.17, 15) is 0 Å². The molecular formula is C18H24N4O2S. The van der Waals surface area contributed by atoms with Crippen molar-refractivity contribution in [3.05, 3.63) is 28.5 Å². The maximum atomic E-state index is 5.89. The molecular weight excluding hydrogens is 336 g/mol. The van der Waals surface area contributed by atoms with E-state index in [2.05, 4.69) is 20.2 Å². The van der Waals surface area contributed by atoms with Gasteiger partial charge in [-0.3, -0.25) is 4.90 Å². The summed E-state index contributed by atoms with van der Waals surface area (Å²) in [6.45, 7) is 2.83. The van der Waals surface area contributed by atoms with Crippen LogP contribution in [0.1, 0.15) is 48.7 Å². The van der Waals surface area contributed by atoms with Crippen LogP contribution < -0.4 is 9.47 Å². The first kappa shape index (κ1) is 16.7. The molecule has 3 heterocycles. The number of hydrogen-bond donors (Lipinski definition) is 0. The summed E-state index contributed by atoms with van der Waals surface area (Å²) >= 11 is 1.84. The van der Waals surface area contributed by atoms with Crippen molar-refractivity contribution in [1.82, 2.24) is 19.9 Å². The molecule has 1 saturated carbocycles. The lowest BCUT2D eigenvalue weighted by atomic mass is 10.1. The number of methoxy groups -OCH3 is 1. The molecule has 1 aliphatic heterocycles. The van der Waals surface area contributed by atoms with Crippen LogP contribution in [0.25, 0.3) is 0 Å². The number of likely N-dealkylation sites (tertiary alicyclic amines) is 1. The van der Waals surface area contributed by atoms with E-state index in [1.54, 1.807) is 19.5 Å². The first-order valence-corrected chi connectivity index (χ1v) is 9.87. The molecule has 0 spiro atoms. The van der Waals surface area contributed by atoms with Crippen LogP contribution in [0.2, 0.25) is 0 Å². The second-order valence-corrected chi connectivity index (χ2v) is 7.72. The highest BCUT2D eigenvalue weighted by Gasteiger charge is 2.26. The van der Waals surface area contributed by atoms with E-state index in [-0.39, 0.29) is 6.10 Å². The Morgan fingerprint density at radius 2 is 2.00 bits per heavy atom. The van der Waals surface area contributed by atoms with Crippen molar-refractivity contribution < 1.29 is 9.47 Å². The highest BCUT2D eigenvalue weighted by Crippen LogP contribution is 2.35. The Morgan fingerprint density at radius 1 is 1.20 bits per heavy atom. The summed E-state index contributed by atoms with van der Waals surface area (Å²) in [5, 5.41) is 3.57. The molecule has 1 aliphatic carbocycles. The number of aromatic nitrogens is 3. The second-order valence-electron chi connectivity index (χ2n) is 6.83. The van der Waals surface area contributed by atoms with Crippen molar-refractivity contribution in [2.24, 2.45) is 0 Å². The van der Waals surface area contributed by atoms with Crippen LogP contribution in [0.5, 0.6) is 11.8 Å². The smallest absolute Gasteiger partial charge is 0.316 e. The molecule has 0 bridgehead atoms. The summed E-state index contributed by atoms with van der Waals surface area (Å²) < 4.78 is 11.0. The van der Waals surface area contributed by atoms with Crippen molar-refractivity contribution in [2.75, 3.05) is 20.2 Å². The van der Waals surface area contributed by atoms with Gasteiger partial charge in [-0.2, -0.15) is 9.97 Å². The molecule has 1 saturated heterocycles. The van der Waals surface area contributed by atoms with Gasteiger partial charge in [-0.1, -0.05) is 12.8 Å². The molecule has 2 aromatic rings. The van der Waals surface area contributed by atoms with E-state index in [1.165, 1.54) is 36.4 Å². The largest absolute Gasteiger partial charge is 0.494 e. The first-order valence-electron chi connectivity index (χ1n) is 8.99. The normalized spacial score (nSPS) is 21.7. The lowest BCUT2D eigenvalue weighted by Gasteiger charge is -2.15. The van der Waals surface area contributed by atoms with Gasteiger partial charge in [0.25, 0.3) is 0 Å². The maximum Gasteiger partial charge on any atom is 0.316 e. The van der Waals surface area contributed by atoms with Gasteiger partial charge in [-0.25, -0.2) is 4.98 Å². The van der Waals surface area contributed by atoms with Crippen LogP contribution in [0.3, 0.4) is 0 Å². The molecule has 0 aromatic carbocycles. The Morgan fingerprint density at radius 3 is 2.76 bits per heavy atom. The minimum atomic E-state index is 0.140. The Balaban J connectivity index is 1.28. The van der Waals surface area contributed by atoms with Gasteiger partial charge < -0.3 is 9.47 Å². The molecule has 2 fully saturated rings. The minimum absolute atomic E-state index is 0.140. The van der Waals surface area contributed by atoms with Gasteiger partial charge in [0.05, 0.1) is 30.2 Å². The van der Waals surface area contributed by atoms with Crippen LogP contribution in [0.15, 0.2) is 17.8 Å². The Labute approximate surface area is 152 Å². The van der Waals surface area contributed by atoms with E-state index in [1.807, 2.05) is 11.3 Å². The van der Waals surface area contributed by atoms with Crippen molar-refractivity contribution in [3.63, 3.8) is 0 Å². The number of ether oxygens (including phenoxy) is 2. The molecule has 4 rings (SSSR count). The summed E-state index contributed by atoms with van der Waals surface area (Å²) in [5.74, 6) is 1.35. The zero-order valence-corrected chi connectivity index (χ0v) is 15.4. The average Bonchev–Trinajstić information content (AvgIpc) is 3.37. The Bertz CT molecular complexity index is 685. The van der Waals surface area contributed by atoms with Crippen LogP contribution in [-0.4, -0.2) is 46.2 Å². The highest BCUT2D eigenvalue weighted by molar-refractivity contribution is 7.09. The van der Waals surface area contributed by atoms with E-state index in [4.69, 9.17) is 14.5 Å². The SMILES string of the molecule is COc1cnc(OC2CCN(Cc3csc(C4CCCC4)n3)C2)nc1. The quantitative estimate of drug-likeness (QED) is 0.788. The fourth-order valence-electron chi connectivity index (χ4n) is 3.64. The fourth-order valence-corrected chi connectivity index (χ4v) is 4.62. The zero-order chi connectivity index (χ0) is 17.1. The Kier molecular flexibility index (Phi) is 5.12. The van der Waals surface area contributed by atoms with Gasteiger partial charge in [0.15, 0.2) is 5.75 Å². The summed E-state index contributed by atoms with van der Waals surface area (Å²) in [6.07, 6.45) is 9.75. The van der Waals surface area contributed by atoms with Crippen LogP contribution in [-0.2, 0) is 6.54 Å². The van der Waals surface area contributed by atoms with E-state index >= 15 is 0 Å². The zero-order valence-electron chi connectivity index (χ0n) is 14.6. The number of thiazole rings is 1. The number of hydrogen-bond acceptors (Lipinski definition) is 7.